The van der Waals surface area contributed by atoms with Crippen LogP contribution in [0.25, 0.3) is 0 Å². The first-order valence-corrected chi connectivity index (χ1v) is 5.81. The van der Waals surface area contributed by atoms with Gasteiger partial charge in [-0.25, -0.2) is 0 Å². The maximum atomic E-state index is 9.30. The molecule has 0 aromatic heterocycles. The summed E-state index contributed by atoms with van der Waals surface area (Å²) in [6, 6.07) is 0.315. The third-order valence-electron chi connectivity index (χ3n) is 3.15. The van der Waals surface area contributed by atoms with E-state index in [4.69, 9.17) is 0 Å². The van der Waals surface area contributed by atoms with Crippen LogP contribution in [0.4, 0.5) is 0 Å². The summed E-state index contributed by atoms with van der Waals surface area (Å²) in [5.74, 6) is 0. The van der Waals surface area contributed by atoms with Crippen LogP contribution < -0.4 is 0 Å². The van der Waals surface area contributed by atoms with Crippen LogP contribution in [0, 0.1) is 0 Å². The molecule has 0 aromatic rings. The van der Waals surface area contributed by atoms with E-state index in [1.807, 2.05) is 0 Å². The summed E-state index contributed by atoms with van der Waals surface area (Å²) in [6.45, 7) is 5.74. The van der Waals surface area contributed by atoms with E-state index in [-0.39, 0.29) is 6.61 Å². The number of nitrogens with zero attached hydrogens (tertiary/aromatic N) is 3. The molecule has 0 spiro atoms. The van der Waals surface area contributed by atoms with E-state index in [0.717, 1.165) is 32.7 Å². The maximum Gasteiger partial charge on any atom is 0.0599 e. The second-order valence-corrected chi connectivity index (χ2v) is 4.77. The largest absolute Gasteiger partial charge is 0.395 e. The first kappa shape index (κ1) is 12.9. The fourth-order valence-corrected chi connectivity index (χ4v) is 2.00. The van der Waals surface area contributed by atoms with Gasteiger partial charge in [-0.05, 0) is 40.7 Å². The highest BCUT2D eigenvalue weighted by Gasteiger charge is 2.21. The molecule has 1 rings (SSSR count). The van der Waals surface area contributed by atoms with Gasteiger partial charge < -0.3 is 14.9 Å². The van der Waals surface area contributed by atoms with E-state index in [1.165, 1.54) is 6.42 Å². The van der Waals surface area contributed by atoms with Crippen molar-refractivity contribution in [1.82, 2.24) is 14.7 Å². The number of likely N-dealkylation sites (N-methyl/N-ethyl adjacent to an activating group) is 2. The molecule has 0 amide bonds. The van der Waals surface area contributed by atoms with E-state index in [2.05, 4.69) is 35.8 Å². The lowest BCUT2D eigenvalue weighted by molar-refractivity contribution is 0.128. The molecule has 0 aromatic carbocycles. The first-order valence-electron chi connectivity index (χ1n) is 5.81. The molecule has 1 atom stereocenters. The Balaban J connectivity index is 2.38. The molecule has 1 N–H and O–H groups in total. The van der Waals surface area contributed by atoms with Crippen molar-refractivity contribution >= 4 is 0 Å². The zero-order valence-corrected chi connectivity index (χ0v) is 10.3. The Kier molecular flexibility index (Phi) is 5.53. The molecule has 1 heterocycles. The van der Waals surface area contributed by atoms with Gasteiger partial charge in [-0.15, -0.1) is 0 Å². The second-order valence-electron chi connectivity index (χ2n) is 4.77. The van der Waals surface area contributed by atoms with Gasteiger partial charge in [0.05, 0.1) is 6.61 Å². The average molecular weight is 215 g/mol. The van der Waals surface area contributed by atoms with Gasteiger partial charge in [0.25, 0.3) is 0 Å². The van der Waals surface area contributed by atoms with Crippen LogP contribution in [0.1, 0.15) is 6.42 Å². The van der Waals surface area contributed by atoms with Crippen molar-refractivity contribution in [3.05, 3.63) is 0 Å². The van der Waals surface area contributed by atoms with E-state index >= 15 is 0 Å². The topological polar surface area (TPSA) is 30.0 Å². The van der Waals surface area contributed by atoms with Crippen molar-refractivity contribution < 1.29 is 5.11 Å². The minimum atomic E-state index is 0.273. The van der Waals surface area contributed by atoms with Crippen LogP contribution >= 0.6 is 0 Å². The van der Waals surface area contributed by atoms with Crippen LogP contribution in [-0.2, 0) is 0 Å². The minimum absolute atomic E-state index is 0.273. The van der Waals surface area contributed by atoms with Crippen molar-refractivity contribution in [2.45, 2.75) is 12.5 Å². The van der Waals surface area contributed by atoms with Gasteiger partial charge in [0.2, 0.25) is 0 Å². The minimum Gasteiger partial charge on any atom is -0.395 e. The summed E-state index contributed by atoms with van der Waals surface area (Å²) in [5.41, 5.74) is 0. The predicted molar refractivity (Wildman–Crippen MR) is 63.1 cm³/mol. The van der Waals surface area contributed by atoms with E-state index in [9.17, 15) is 5.11 Å². The number of rotatable bonds is 4. The van der Waals surface area contributed by atoms with Crippen LogP contribution in [-0.4, -0.2) is 86.3 Å². The van der Waals surface area contributed by atoms with Gasteiger partial charge in [0.1, 0.15) is 0 Å². The number of hydrogen-bond donors (Lipinski definition) is 1. The molecule has 1 unspecified atom stereocenters. The third-order valence-corrected chi connectivity index (χ3v) is 3.15. The van der Waals surface area contributed by atoms with Crippen molar-refractivity contribution in [3.63, 3.8) is 0 Å². The molecule has 1 saturated heterocycles. The van der Waals surface area contributed by atoms with Crippen molar-refractivity contribution in [1.29, 1.82) is 0 Å². The highest BCUT2D eigenvalue weighted by Crippen LogP contribution is 2.07. The predicted octanol–water partition coefficient (Wildman–Crippen LogP) is -0.454. The Morgan fingerprint density at radius 1 is 1.33 bits per heavy atom. The number of aliphatic hydroxyl groups excluding tert-OH is 1. The van der Waals surface area contributed by atoms with Crippen LogP contribution in [0.5, 0.6) is 0 Å². The Morgan fingerprint density at radius 2 is 2.07 bits per heavy atom. The van der Waals surface area contributed by atoms with E-state index in [1.54, 1.807) is 0 Å². The monoisotopic (exact) mass is 215 g/mol. The Morgan fingerprint density at radius 3 is 2.67 bits per heavy atom. The normalized spacial score (nSPS) is 25.8. The summed E-state index contributed by atoms with van der Waals surface area (Å²) in [7, 11) is 6.32. The van der Waals surface area contributed by atoms with Crippen molar-refractivity contribution in [2.24, 2.45) is 0 Å². The van der Waals surface area contributed by atoms with Gasteiger partial charge in [-0.3, -0.25) is 4.90 Å². The quantitative estimate of drug-likeness (QED) is 0.688. The van der Waals surface area contributed by atoms with Crippen LogP contribution in [0.3, 0.4) is 0 Å². The summed E-state index contributed by atoms with van der Waals surface area (Å²) in [5, 5.41) is 9.30. The Hall–Kier alpha value is -0.160. The van der Waals surface area contributed by atoms with E-state index < -0.39 is 0 Å². The van der Waals surface area contributed by atoms with Gasteiger partial charge in [0, 0.05) is 25.7 Å². The summed E-state index contributed by atoms with van der Waals surface area (Å²) < 4.78 is 0. The maximum absolute atomic E-state index is 9.30. The van der Waals surface area contributed by atoms with Gasteiger partial charge in [-0.1, -0.05) is 0 Å². The lowest BCUT2D eigenvalue weighted by Gasteiger charge is -2.27. The summed E-state index contributed by atoms with van der Waals surface area (Å²) in [6.07, 6.45) is 1.21. The lowest BCUT2D eigenvalue weighted by Crippen LogP contribution is -2.42. The molecule has 1 aliphatic rings. The average Bonchev–Trinajstić information content (AvgIpc) is 2.37. The van der Waals surface area contributed by atoms with Crippen LogP contribution in [0.2, 0.25) is 0 Å². The standard InChI is InChI=1S/C11H25N3O/c1-12(2)7-8-14-6-4-5-13(3)11(9-14)10-15/h11,15H,4-10H2,1-3H3. The Bertz CT molecular complexity index is 175. The number of aliphatic hydroxyl groups is 1. The van der Waals surface area contributed by atoms with E-state index in [0.29, 0.717) is 6.04 Å². The van der Waals surface area contributed by atoms with Gasteiger partial charge >= 0.3 is 0 Å². The number of hydrogen-bond acceptors (Lipinski definition) is 4. The second kappa shape index (κ2) is 6.43. The molecule has 4 nitrogen and oxygen atoms in total. The molecule has 1 fully saturated rings. The Labute approximate surface area is 93.5 Å². The molecule has 1 aliphatic heterocycles. The molecule has 15 heavy (non-hydrogen) atoms. The summed E-state index contributed by atoms with van der Waals surface area (Å²) in [4.78, 5) is 6.95. The van der Waals surface area contributed by atoms with Crippen molar-refractivity contribution in [3.8, 4) is 0 Å². The first-order chi connectivity index (χ1) is 7.13. The molecule has 0 saturated carbocycles. The highest BCUT2D eigenvalue weighted by molar-refractivity contribution is 4.77. The molecule has 0 radical (unpaired) electrons. The summed E-state index contributed by atoms with van der Waals surface area (Å²) >= 11 is 0. The van der Waals surface area contributed by atoms with Gasteiger partial charge in [-0.2, -0.15) is 0 Å². The molecular weight excluding hydrogens is 190 g/mol. The zero-order chi connectivity index (χ0) is 11.3. The smallest absolute Gasteiger partial charge is 0.0599 e. The molecule has 0 aliphatic carbocycles. The van der Waals surface area contributed by atoms with Crippen molar-refractivity contribution in [2.75, 3.05) is 60.5 Å². The van der Waals surface area contributed by atoms with Gasteiger partial charge in [0.15, 0.2) is 0 Å². The fourth-order valence-electron chi connectivity index (χ4n) is 2.00. The molecule has 90 valence electrons. The third kappa shape index (κ3) is 4.47. The fraction of sp³-hybridized carbons (Fsp3) is 1.00. The highest BCUT2D eigenvalue weighted by atomic mass is 16.3. The lowest BCUT2D eigenvalue weighted by atomic mass is 10.2. The zero-order valence-electron chi connectivity index (χ0n) is 10.3. The molecule has 0 bridgehead atoms. The molecule has 4 heteroatoms. The molecular formula is C11H25N3O. The van der Waals surface area contributed by atoms with Crippen LogP contribution in [0.15, 0.2) is 0 Å². The SMILES string of the molecule is CN(C)CCN1CCCN(C)C(CO)C1.